The van der Waals surface area contributed by atoms with E-state index in [4.69, 9.17) is 9.84 Å². The zero-order chi connectivity index (χ0) is 18.9. The van der Waals surface area contributed by atoms with Crippen molar-refractivity contribution in [2.45, 2.75) is 85.9 Å². The summed E-state index contributed by atoms with van der Waals surface area (Å²) < 4.78 is 5.29. The van der Waals surface area contributed by atoms with Gasteiger partial charge in [-0.05, 0) is 57.3 Å². The van der Waals surface area contributed by atoms with Gasteiger partial charge in [0.25, 0.3) is 0 Å². The van der Waals surface area contributed by atoms with Crippen molar-refractivity contribution in [2.75, 3.05) is 0 Å². The number of rotatable bonds is 12. The number of aliphatic hydroxyl groups is 1. The second kappa shape index (κ2) is 11.5. The van der Waals surface area contributed by atoms with E-state index in [2.05, 4.69) is 20.8 Å². The van der Waals surface area contributed by atoms with Crippen LogP contribution in [0.25, 0.3) is 0 Å². The van der Waals surface area contributed by atoms with Crippen molar-refractivity contribution in [3.05, 3.63) is 0 Å². The molecule has 0 aliphatic rings. The summed E-state index contributed by atoms with van der Waals surface area (Å²) in [5, 5.41) is 18.8. The molecule has 0 bridgehead atoms. The maximum absolute atomic E-state index is 11.8. The van der Waals surface area contributed by atoms with Gasteiger partial charge in [0.1, 0.15) is 0 Å². The Morgan fingerprint density at radius 1 is 0.958 bits per heavy atom. The molecule has 0 saturated heterocycles. The Bertz CT molecular complexity index is 382. The molecule has 0 spiro atoms. The average molecular weight is 344 g/mol. The second-order valence-corrected chi connectivity index (χ2v) is 7.33. The van der Waals surface area contributed by atoms with Gasteiger partial charge in [-0.15, -0.1) is 0 Å². The fourth-order valence-corrected chi connectivity index (χ4v) is 2.65. The maximum Gasteiger partial charge on any atom is 0.308 e. The molecule has 0 radical (unpaired) electrons. The van der Waals surface area contributed by atoms with E-state index in [1.165, 1.54) is 6.92 Å². The number of aliphatic carboxylic acids is 1. The Morgan fingerprint density at radius 3 is 2.00 bits per heavy atom. The third-order valence-electron chi connectivity index (χ3n) is 5.39. The average Bonchev–Trinajstić information content (AvgIpc) is 2.55. The Labute approximate surface area is 146 Å². The number of ether oxygens (including phenoxy) is 1. The molecule has 0 aromatic carbocycles. The number of hydrogen-bond acceptors (Lipinski definition) is 4. The van der Waals surface area contributed by atoms with Crippen LogP contribution in [0.2, 0.25) is 0 Å². The van der Waals surface area contributed by atoms with Crippen LogP contribution in [0, 0.1) is 23.7 Å². The van der Waals surface area contributed by atoms with Crippen LogP contribution in [0.4, 0.5) is 0 Å². The molecule has 5 heteroatoms. The molecule has 0 fully saturated rings. The van der Waals surface area contributed by atoms with E-state index in [0.29, 0.717) is 30.6 Å². The van der Waals surface area contributed by atoms with E-state index >= 15 is 0 Å². The normalized spacial score (nSPS) is 19.0. The van der Waals surface area contributed by atoms with Crippen LogP contribution in [0.3, 0.4) is 0 Å². The topological polar surface area (TPSA) is 83.8 Å². The lowest BCUT2D eigenvalue weighted by molar-refractivity contribution is -0.149. The molecule has 142 valence electrons. The number of carbonyl (C=O) groups is 2. The molecule has 2 unspecified atom stereocenters. The largest absolute Gasteiger partial charge is 0.481 e. The van der Waals surface area contributed by atoms with E-state index in [-0.39, 0.29) is 12.1 Å². The van der Waals surface area contributed by atoms with Gasteiger partial charge < -0.3 is 14.9 Å². The van der Waals surface area contributed by atoms with Gasteiger partial charge in [-0.25, -0.2) is 0 Å². The van der Waals surface area contributed by atoms with Crippen molar-refractivity contribution in [2.24, 2.45) is 23.7 Å². The van der Waals surface area contributed by atoms with E-state index in [1.807, 2.05) is 13.8 Å². The van der Waals surface area contributed by atoms with Crippen molar-refractivity contribution < 1.29 is 24.5 Å². The molecule has 6 atom stereocenters. The maximum atomic E-state index is 11.8. The van der Waals surface area contributed by atoms with Crippen molar-refractivity contribution in [1.29, 1.82) is 0 Å². The first-order chi connectivity index (χ1) is 11.1. The first kappa shape index (κ1) is 22.9. The third-order valence-corrected chi connectivity index (χ3v) is 5.39. The summed E-state index contributed by atoms with van der Waals surface area (Å²) >= 11 is 0. The standard InChI is InChI=1S/C19H36O5/c1-7-14(4)24-18(21)11-9-13(3)15(5)12(2)8-10-17(20)16(6)19(22)23/h12-17,20H,7-11H2,1-6H3,(H,22,23)/t12?,13-,14-,15?,16+,17+/m0/s1. The number of esters is 1. The third kappa shape index (κ3) is 8.67. The van der Waals surface area contributed by atoms with Gasteiger partial charge in [0.05, 0.1) is 18.1 Å². The number of carboxylic acid groups (broad SMARTS) is 1. The molecule has 0 aromatic rings. The molecule has 0 amide bonds. The molecule has 0 saturated carbocycles. The molecule has 2 N–H and O–H groups in total. The summed E-state index contributed by atoms with van der Waals surface area (Å²) in [7, 11) is 0. The summed E-state index contributed by atoms with van der Waals surface area (Å²) in [5.74, 6) is -0.702. The number of hydrogen-bond donors (Lipinski definition) is 2. The molecule has 0 aromatic heterocycles. The minimum atomic E-state index is -0.962. The minimum Gasteiger partial charge on any atom is -0.481 e. The quantitative estimate of drug-likeness (QED) is 0.525. The van der Waals surface area contributed by atoms with Gasteiger partial charge in [-0.2, -0.15) is 0 Å². The SMILES string of the molecule is CC[C@H](C)OC(=O)CC[C@H](C)C(C)C(C)CC[C@@H](O)[C@@H](C)C(=O)O. The predicted octanol–water partition coefficient (Wildman–Crippen LogP) is 3.88. The van der Waals surface area contributed by atoms with Crippen molar-refractivity contribution in [1.82, 2.24) is 0 Å². The zero-order valence-corrected chi connectivity index (χ0v) is 16.1. The Hall–Kier alpha value is -1.10. The van der Waals surface area contributed by atoms with E-state index < -0.39 is 18.0 Å². The lowest BCUT2D eigenvalue weighted by atomic mass is 9.79. The molecular weight excluding hydrogens is 308 g/mol. The van der Waals surface area contributed by atoms with Crippen molar-refractivity contribution in [3.8, 4) is 0 Å². The molecule has 5 nitrogen and oxygen atoms in total. The minimum absolute atomic E-state index is 0.0261. The van der Waals surface area contributed by atoms with Crippen LogP contribution in [-0.4, -0.2) is 34.4 Å². The van der Waals surface area contributed by atoms with E-state index in [1.54, 1.807) is 0 Å². The van der Waals surface area contributed by atoms with Gasteiger partial charge in [0, 0.05) is 6.42 Å². The second-order valence-electron chi connectivity index (χ2n) is 7.33. The van der Waals surface area contributed by atoms with Crippen LogP contribution in [0.5, 0.6) is 0 Å². The zero-order valence-electron chi connectivity index (χ0n) is 16.1. The highest BCUT2D eigenvalue weighted by atomic mass is 16.5. The Kier molecular flexibility index (Phi) is 10.9. The van der Waals surface area contributed by atoms with Gasteiger partial charge in [-0.3, -0.25) is 9.59 Å². The van der Waals surface area contributed by atoms with Crippen molar-refractivity contribution in [3.63, 3.8) is 0 Å². The lowest BCUT2D eigenvalue weighted by Crippen LogP contribution is -2.27. The van der Waals surface area contributed by atoms with Crippen molar-refractivity contribution >= 4 is 11.9 Å². The molecule has 0 heterocycles. The number of carboxylic acids is 1. The summed E-state index contributed by atoms with van der Waals surface area (Å²) in [6, 6.07) is 0. The fourth-order valence-electron chi connectivity index (χ4n) is 2.65. The first-order valence-corrected chi connectivity index (χ1v) is 9.20. The van der Waals surface area contributed by atoms with Crippen LogP contribution in [-0.2, 0) is 14.3 Å². The summed E-state index contributed by atoms with van der Waals surface area (Å²) in [6.07, 6.45) is 2.48. The lowest BCUT2D eigenvalue weighted by Gasteiger charge is -2.27. The molecular formula is C19H36O5. The van der Waals surface area contributed by atoms with Crippen LogP contribution >= 0.6 is 0 Å². The number of aliphatic hydroxyl groups excluding tert-OH is 1. The van der Waals surface area contributed by atoms with Crippen LogP contribution in [0.15, 0.2) is 0 Å². The van der Waals surface area contributed by atoms with Gasteiger partial charge in [0.2, 0.25) is 0 Å². The molecule has 0 aliphatic carbocycles. The first-order valence-electron chi connectivity index (χ1n) is 9.20. The monoisotopic (exact) mass is 344 g/mol. The fraction of sp³-hybridized carbons (Fsp3) is 0.895. The van der Waals surface area contributed by atoms with E-state index in [9.17, 15) is 14.7 Å². The summed E-state index contributed by atoms with van der Waals surface area (Å²) in [5.41, 5.74) is 0. The smallest absolute Gasteiger partial charge is 0.308 e. The van der Waals surface area contributed by atoms with Crippen LogP contribution < -0.4 is 0 Å². The summed E-state index contributed by atoms with van der Waals surface area (Å²) in [6.45, 7) is 11.8. The summed E-state index contributed by atoms with van der Waals surface area (Å²) in [4.78, 5) is 22.6. The number of carbonyl (C=O) groups excluding carboxylic acids is 1. The van der Waals surface area contributed by atoms with Gasteiger partial charge in [-0.1, -0.05) is 27.7 Å². The molecule has 0 aliphatic heterocycles. The highest BCUT2D eigenvalue weighted by Crippen LogP contribution is 2.28. The van der Waals surface area contributed by atoms with Gasteiger partial charge >= 0.3 is 11.9 Å². The molecule has 0 rings (SSSR count). The van der Waals surface area contributed by atoms with Crippen LogP contribution in [0.1, 0.15) is 73.6 Å². The molecule has 24 heavy (non-hydrogen) atoms. The Morgan fingerprint density at radius 2 is 1.50 bits per heavy atom. The van der Waals surface area contributed by atoms with E-state index in [0.717, 1.165) is 19.3 Å². The highest BCUT2D eigenvalue weighted by Gasteiger charge is 2.25. The highest BCUT2D eigenvalue weighted by molar-refractivity contribution is 5.70. The predicted molar refractivity (Wildman–Crippen MR) is 94.6 cm³/mol. The Balaban J connectivity index is 4.20. The van der Waals surface area contributed by atoms with Gasteiger partial charge in [0.15, 0.2) is 0 Å².